The highest BCUT2D eigenvalue weighted by Crippen LogP contribution is 2.15. The van der Waals surface area contributed by atoms with E-state index in [2.05, 4.69) is 43.1 Å². The molecule has 104 valence electrons. The number of hydrogen-bond acceptors (Lipinski definition) is 3. The average molecular weight is 289 g/mol. The van der Waals surface area contributed by atoms with Crippen molar-refractivity contribution in [2.75, 3.05) is 13.6 Å². The summed E-state index contributed by atoms with van der Waals surface area (Å²) in [6, 6.07) is 0.660. The number of nitrogens with zero attached hydrogens (tertiary/aromatic N) is 2. The van der Waals surface area contributed by atoms with Gasteiger partial charge in [0, 0.05) is 11.4 Å². The molecule has 0 radical (unpaired) electrons. The van der Waals surface area contributed by atoms with Crippen molar-refractivity contribution < 1.29 is 0 Å². The molecule has 0 aromatic carbocycles. The van der Waals surface area contributed by atoms with Crippen LogP contribution in [0.15, 0.2) is 5.38 Å². The van der Waals surface area contributed by atoms with Gasteiger partial charge in [0.25, 0.3) is 0 Å². The van der Waals surface area contributed by atoms with Crippen LogP contribution in [-0.4, -0.2) is 29.5 Å². The van der Waals surface area contributed by atoms with E-state index in [4.69, 9.17) is 11.6 Å². The summed E-state index contributed by atoms with van der Waals surface area (Å²) in [5.74, 6) is 1.26. The Morgan fingerprint density at radius 2 is 2.06 bits per heavy atom. The number of unbranched alkanes of at least 4 members (excludes halogenated alkanes) is 1. The summed E-state index contributed by atoms with van der Waals surface area (Å²) in [6.45, 7) is 8.04. The molecule has 0 aliphatic heterocycles. The number of halogens is 1. The maximum Gasteiger partial charge on any atom is 0.0928 e. The zero-order chi connectivity index (χ0) is 13.5. The third-order valence-corrected chi connectivity index (χ3v) is 4.78. The Balaban J connectivity index is 2.18. The molecule has 0 spiro atoms. The van der Waals surface area contributed by atoms with Crippen LogP contribution in [0.1, 0.15) is 44.3 Å². The van der Waals surface area contributed by atoms with Crippen LogP contribution in [0.3, 0.4) is 0 Å². The van der Waals surface area contributed by atoms with Crippen LogP contribution in [0.4, 0.5) is 0 Å². The minimum absolute atomic E-state index is 0.533. The van der Waals surface area contributed by atoms with Gasteiger partial charge in [-0.15, -0.1) is 22.9 Å². The lowest BCUT2D eigenvalue weighted by Crippen LogP contribution is -2.33. The van der Waals surface area contributed by atoms with Gasteiger partial charge in [0.1, 0.15) is 0 Å². The van der Waals surface area contributed by atoms with Crippen LogP contribution in [0.2, 0.25) is 0 Å². The first kappa shape index (κ1) is 15.9. The van der Waals surface area contributed by atoms with Crippen molar-refractivity contribution in [1.29, 1.82) is 0 Å². The first-order valence-corrected chi connectivity index (χ1v) is 8.15. The minimum atomic E-state index is 0.533. The fourth-order valence-electron chi connectivity index (χ4n) is 1.88. The SMILES string of the molecule is CC(C)C(C)N(C)CCCCc1nc(CCl)cs1. The topological polar surface area (TPSA) is 16.1 Å². The molecule has 1 rings (SSSR count). The summed E-state index contributed by atoms with van der Waals surface area (Å²) < 4.78 is 0. The van der Waals surface area contributed by atoms with E-state index in [-0.39, 0.29) is 0 Å². The fourth-order valence-corrected chi connectivity index (χ4v) is 2.94. The smallest absolute Gasteiger partial charge is 0.0928 e. The molecule has 0 amide bonds. The summed E-state index contributed by atoms with van der Waals surface area (Å²) in [5, 5.41) is 3.29. The van der Waals surface area contributed by atoms with Crippen LogP contribution >= 0.6 is 22.9 Å². The van der Waals surface area contributed by atoms with Crippen LogP contribution in [0.25, 0.3) is 0 Å². The highest BCUT2D eigenvalue weighted by atomic mass is 35.5. The maximum absolute atomic E-state index is 5.75. The van der Waals surface area contributed by atoms with E-state index in [0.29, 0.717) is 11.9 Å². The van der Waals surface area contributed by atoms with Gasteiger partial charge in [-0.3, -0.25) is 0 Å². The molecule has 1 heterocycles. The minimum Gasteiger partial charge on any atom is -0.303 e. The average Bonchev–Trinajstić information content (AvgIpc) is 2.81. The van der Waals surface area contributed by atoms with Gasteiger partial charge in [0.15, 0.2) is 0 Å². The molecular formula is C14H25ClN2S. The predicted molar refractivity (Wildman–Crippen MR) is 81.5 cm³/mol. The Kier molecular flexibility index (Phi) is 7.20. The zero-order valence-corrected chi connectivity index (χ0v) is 13.5. The van der Waals surface area contributed by atoms with Gasteiger partial charge in [0.2, 0.25) is 0 Å². The largest absolute Gasteiger partial charge is 0.303 e. The van der Waals surface area contributed by atoms with Gasteiger partial charge < -0.3 is 4.90 Å². The van der Waals surface area contributed by atoms with Crippen molar-refractivity contribution in [2.45, 2.75) is 52.0 Å². The molecule has 1 aromatic rings. The molecule has 1 aromatic heterocycles. The second-order valence-corrected chi connectivity index (χ2v) is 6.50. The number of aromatic nitrogens is 1. The number of hydrogen-bond donors (Lipinski definition) is 0. The molecule has 0 saturated carbocycles. The lowest BCUT2D eigenvalue weighted by Gasteiger charge is -2.27. The van der Waals surface area contributed by atoms with E-state index >= 15 is 0 Å². The highest BCUT2D eigenvalue weighted by Gasteiger charge is 2.12. The molecule has 18 heavy (non-hydrogen) atoms. The molecule has 4 heteroatoms. The number of aryl methyl sites for hydroxylation is 1. The molecule has 1 atom stereocenters. The van der Waals surface area contributed by atoms with Crippen LogP contribution < -0.4 is 0 Å². The van der Waals surface area contributed by atoms with E-state index in [1.807, 2.05) is 0 Å². The van der Waals surface area contributed by atoms with Crippen LogP contribution in [0.5, 0.6) is 0 Å². The van der Waals surface area contributed by atoms with Crippen molar-refractivity contribution in [2.24, 2.45) is 5.92 Å². The van der Waals surface area contributed by atoms with E-state index in [1.54, 1.807) is 11.3 Å². The Labute approximate surface area is 120 Å². The third-order valence-electron chi connectivity index (χ3n) is 3.55. The Morgan fingerprint density at radius 1 is 1.33 bits per heavy atom. The summed E-state index contributed by atoms with van der Waals surface area (Å²) in [5.41, 5.74) is 1.02. The summed E-state index contributed by atoms with van der Waals surface area (Å²) in [6.07, 6.45) is 3.54. The van der Waals surface area contributed by atoms with Gasteiger partial charge in [-0.1, -0.05) is 13.8 Å². The normalized spacial score (nSPS) is 13.5. The number of rotatable bonds is 8. The molecule has 0 aliphatic rings. The predicted octanol–water partition coefficient (Wildman–Crippen LogP) is 4.18. The molecule has 2 nitrogen and oxygen atoms in total. The second-order valence-electron chi connectivity index (χ2n) is 5.29. The summed E-state index contributed by atoms with van der Waals surface area (Å²) in [4.78, 5) is 6.94. The maximum atomic E-state index is 5.75. The monoisotopic (exact) mass is 288 g/mol. The van der Waals surface area contributed by atoms with Crippen molar-refractivity contribution in [3.63, 3.8) is 0 Å². The second kappa shape index (κ2) is 8.13. The first-order chi connectivity index (χ1) is 8.54. The van der Waals surface area contributed by atoms with Gasteiger partial charge in [-0.25, -0.2) is 4.98 Å². The summed E-state index contributed by atoms with van der Waals surface area (Å²) in [7, 11) is 2.22. The highest BCUT2D eigenvalue weighted by molar-refractivity contribution is 7.09. The number of thiazole rings is 1. The Hall–Kier alpha value is -0.120. The first-order valence-electron chi connectivity index (χ1n) is 6.74. The zero-order valence-electron chi connectivity index (χ0n) is 11.9. The van der Waals surface area contributed by atoms with Crippen molar-refractivity contribution in [1.82, 2.24) is 9.88 Å². The quantitative estimate of drug-likeness (QED) is 0.527. The van der Waals surface area contributed by atoms with Gasteiger partial charge >= 0.3 is 0 Å². The van der Waals surface area contributed by atoms with Crippen molar-refractivity contribution >= 4 is 22.9 Å². The van der Waals surface area contributed by atoms with Crippen molar-refractivity contribution in [3.8, 4) is 0 Å². The van der Waals surface area contributed by atoms with E-state index in [1.165, 1.54) is 24.4 Å². The fraction of sp³-hybridized carbons (Fsp3) is 0.786. The lowest BCUT2D eigenvalue weighted by atomic mass is 10.0. The molecule has 0 bridgehead atoms. The molecule has 0 aliphatic carbocycles. The number of alkyl halides is 1. The van der Waals surface area contributed by atoms with Crippen molar-refractivity contribution in [3.05, 3.63) is 16.1 Å². The van der Waals surface area contributed by atoms with E-state index in [0.717, 1.165) is 18.0 Å². The molecule has 0 N–H and O–H groups in total. The van der Waals surface area contributed by atoms with Crippen LogP contribution in [-0.2, 0) is 12.3 Å². The molecule has 1 unspecified atom stereocenters. The van der Waals surface area contributed by atoms with Gasteiger partial charge in [0.05, 0.1) is 16.6 Å². The Bertz CT molecular complexity index is 338. The van der Waals surface area contributed by atoms with E-state index < -0.39 is 0 Å². The lowest BCUT2D eigenvalue weighted by molar-refractivity contribution is 0.205. The molecule has 0 fully saturated rings. The van der Waals surface area contributed by atoms with Gasteiger partial charge in [-0.05, 0) is 45.7 Å². The van der Waals surface area contributed by atoms with Gasteiger partial charge in [-0.2, -0.15) is 0 Å². The summed E-state index contributed by atoms with van der Waals surface area (Å²) >= 11 is 7.48. The third kappa shape index (κ3) is 5.25. The standard InChI is InChI=1S/C14H25ClN2S/c1-11(2)12(3)17(4)8-6-5-7-14-16-13(9-15)10-18-14/h10-12H,5-9H2,1-4H3. The molecular weight excluding hydrogens is 264 g/mol. The Morgan fingerprint density at radius 3 is 2.61 bits per heavy atom. The van der Waals surface area contributed by atoms with E-state index in [9.17, 15) is 0 Å². The van der Waals surface area contributed by atoms with Crippen LogP contribution in [0, 0.1) is 5.92 Å². The molecule has 0 saturated heterocycles.